The molecule has 0 spiro atoms. The highest BCUT2D eigenvalue weighted by atomic mass is 16.6. The fourth-order valence-electron chi connectivity index (χ4n) is 1.83. The minimum Gasteiger partial charge on any atom is -0.400 e. The highest BCUT2D eigenvalue weighted by Crippen LogP contribution is 2.25. The van der Waals surface area contributed by atoms with Crippen LogP contribution in [0, 0.1) is 17.0 Å². The van der Waals surface area contributed by atoms with Crippen LogP contribution in [-0.4, -0.2) is 9.91 Å². The molecule has 7 nitrogen and oxygen atoms in total. The maximum absolute atomic E-state index is 11.9. The molecule has 0 bridgehead atoms. The van der Waals surface area contributed by atoms with Crippen molar-refractivity contribution in [1.82, 2.24) is 4.98 Å². The van der Waals surface area contributed by atoms with Crippen LogP contribution < -0.4 is 5.63 Å². The minimum absolute atomic E-state index is 0.0382. The second-order valence-electron chi connectivity index (χ2n) is 4.22. The van der Waals surface area contributed by atoms with Crippen LogP contribution >= 0.6 is 0 Å². The number of nitro groups is 1. The lowest BCUT2D eigenvalue weighted by atomic mass is 10.2. The van der Waals surface area contributed by atoms with E-state index < -0.39 is 16.4 Å². The normalized spacial score (nSPS) is 10.8. The van der Waals surface area contributed by atoms with Gasteiger partial charge in [-0.15, -0.1) is 0 Å². The van der Waals surface area contributed by atoms with E-state index in [0.717, 1.165) is 5.56 Å². The Morgan fingerprint density at radius 1 is 1.20 bits per heavy atom. The molecule has 0 amide bonds. The van der Waals surface area contributed by atoms with Crippen LogP contribution in [0.3, 0.4) is 0 Å². The molecule has 0 saturated heterocycles. The molecule has 0 radical (unpaired) electrons. The highest BCUT2D eigenvalue weighted by molar-refractivity contribution is 5.78. The van der Waals surface area contributed by atoms with E-state index in [1.54, 1.807) is 12.1 Å². The van der Waals surface area contributed by atoms with Gasteiger partial charge < -0.3 is 8.83 Å². The third-order valence-corrected chi connectivity index (χ3v) is 2.77. The Morgan fingerprint density at radius 3 is 2.70 bits per heavy atom. The first-order valence-electron chi connectivity index (χ1n) is 5.71. The van der Waals surface area contributed by atoms with E-state index in [2.05, 4.69) is 4.98 Å². The molecule has 7 heteroatoms. The second kappa shape index (κ2) is 4.30. The van der Waals surface area contributed by atoms with Gasteiger partial charge in [-0.3, -0.25) is 10.1 Å². The average Bonchev–Trinajstić information content (AvgIpc) is 2.89. The number of hydrogen-bond acceptors (Lipinski definition) is 6. The topological polar surface area (TPSA) is 99.4 Å². The molecular formula is C13H8N2O5. The van der Waals surface area contributed by atoms with Crippen molar-refractivity contribution >= 4 is 16.8 Å². The lowest BCUT2D eigenvalue weighted by Crippen LogP contribution is -2.02. The number of nitrogens with zero attached hydrogens (tertiary/aromatic N) is 2. The predicted octanol–water partition coefficient (Wildman–Crippen LogP) is 2.66. The van der Waals surface area contributed by atoms with Crippen LogP contribution in [-0.2, 0) is 0 Å². The molecule has 0 unspecified atom stereocenters. The van der Waals surface area contributed by atoms with E-state index in [0.29, 0.717) is 10.9 Å². The van der Waals surface area contributed by atoms with E-state index in [9.17, 15) is 14.9 Å². The van der Waals surface area contributed by atoms with Gasteiger partial charge in [-0.2, -0.15) is 0 Å². The van der Waals surface area contributed by atoms with Gasteiger partial charge in [-0.25, -0.2) is 9.78 Å². The number of furan rings is 1. The average molecular weight is 272 g/mol. The fourth-order valence-corrected chi connectivity index (χ4v) is 1.83. The number of aryl methyl sites for hydroxylation is 1. The predicted molar refractivity (Wildman–Crippen MR) is 69.4 cm³/mol. The molecular weight excluding hydrogens is 264 g/mol. The molecule has 100 valence electrons. The zero-order valence-electron chi connectivity index (χ0n) is 10.3. The number of rotatable bonds is 2. The van der Waals surface area contributed by atoms with E-state index in [1.165, 1.54) is 12.1 Å². The van der Waals surface area contributed by atoms with Gasteiger partial charge in [0.15, 0.2) is 5.76 Å². The Kier molecular flexibility index (Phi) is 2.60. The molecule has 2 heterocycles. The fraction of sp³-hybridized carbons (Fsp3) is 0.0769. The molecule has 0 atom stereocenters. The molecule has 0 aliphatic carbocycles. The molecule has 2 aromatic heterocycles. The van der Waals surface area contributed by atoms with Crippen molar-refractivity contribution in [2.75, 3.05) is 0 Å². The van der Waals surface area contributed by atoms with E-state index in [-0.39, 0.29) is 11.7 Å². The van der Waals surface area contributed by atoms with Crippen LogP contribution in [0.1, 0.15) is 5.56 Å². The summed E-state index contributed by atoms with van der Waals surface area (Å²) in [5.41, 5.74) is 0.793. The first-order valence-corrected chi connectivity index (χ1v) is 5.71. The Bertz CT molecular complexity index is 878. The Hall–Kier alpha value is -2.96. The quantitative estimate of drug-likeness (QED) is 0.525. The molecule has 0 aliphatic rings. The summed E-state index contributed by atoms with van der Waals surface area (Å²) in [6.07, 6.45) is 0. The molecule has 1 aromatic carbocycles. The smallest absolute Gasteiger partial charge is 0.400 e. The number of benzene rings is 1. The second-order valence-corrected chi connectivity index (χ2v) is 4.22. The number of hydrogen-bond donors (Lipinski definition) is 0. The van der Waals surface area contributed by atoms with Crippen LogP contribution in [0.2, 0.25) is 0 Å². The summed E-state index contributed by atoms with van der Waals surface area (Å²) in [4.78, 5) is 25.9. The van der Waals surface area contributed by atoms with Crippen LogP contribution in [0.4, 0.5) is 5.88 Å². The van der Waals surface area contributed by atoms with Gasteiger partial charge in [-0.05, 0) is 25.1 Å². The number of aromatic nitrogens is 1. The maximum atomic E-state index is 11.9. The Morgan fingerprint density at radius 2 is 2.00 bits per heavy atom. The van der Waals surface area contributed by atoms with Gasteiger partial charge in [0.25, 0.3) is 5.89 Å². The molecule has 3 aromatic rings. The molecule has 20 heavy (non-hydrogen) atoms. The Labute approximate surface area is 111 Å². The van der Waals surface area contributed by atoms with Gasteiger partial charge in [0, 0.05) is 0 Å². The van der Waals surface area contributed by atoms with Crippen molar-refractivity contribution in [3.63, 3.8) is 0 Å². The molecule has 0 aliphatic heterocycles. The van der Waals surface area contributed by atoms with Crippen molar-refractivity contribution in [3.05, 3.63) is 56.4 Å². The first-order chi connectivity index (χ1) is 9.54. The van der Waals surface area contributed by atoms with E-state index >= 15 is 0 Å². The summed E-state index contributed by atoms with van der Waals surface area (Å²) in [6, 6.07) is 7.67. The van der Waals surface area contributed by atoms with Crippen LogP contribution in [0.25, 0.3) is 22.6 Å². The van der Waals surface area contributed by atoms with Crippen molar-refractivity contribution in [2.24, 2.45) is 0 Å². The van der Waals surface area contributed by atoms with Gasteiger partial charge in [-0.1, -0.05) is 11.6 Å². The van der Waals surface area contributed by atoms with Gasteiger partial charge >= 0.3 is 11.5 Å². The SMILES string of the molecule is Cc1ccc2nc(-c3ccc([N+](=O)[O-])o3)oc(=O)c2c1. The third-order valence-electron chi connectivity index (χ3n) is 2.77. The zero-order valence-corrected chi connectivity index (χ0v) is 10.3. The van der Waals surface area contributed by atoms with E-state index in [4.69, 9.17) is 8.83 Å². The molecule has 0 saturated carbocycles. The summed E-state index contributed by atoms with van der Waals surface area (Å²) in [5.74, 6) is -0.482. The lowest BCUT2D eigenvalue weighted by Gasteiger charge is -1.99. The zero-order chi connectivity index (χ0) is 14.3. The van der Waals surface area contributed by atoms with Crippen molar-refractivity contribution in [1.29, 1.82) is 0 Å². The lowest BCUT2D eigenvalue weighted by molar-refractivity contribution is -0.401. The standard InChI is InChI=1S/C13H8N2O5/c1-7-2-3-9-8(6-7)13(16)20-12(14-9)10-4-5-11(19-10)15(17)18/h2-6H,1H3. The number of fused-ring (bicyclic) bond motifs is 1. The summed E-state index contributed by atoms with van der Waals surface area (Å²) < 4.78 is 10.0. The third kappa shape index (κ3) is 1.95. The molecule has 0 N–H and O–H groups in total. The van der Waals surface area contributed by atoms with Gasteiger partial charge in [0.1, 0.15) is 4.92 Å². The molecule has 3 rings (SSSR count). The largest absolute Gasteiger partial charge is 0.433 e. The first kappa shape index (κ1) is 12.1. The van der Waals surface area contributed by atoms with Gasteiger partial charge in [0.2, 0.25) is 0 Å². The summed E-state index contributed by atoms with van der Waals surface area (Å²) in [7, 11) is 0. The summed E-state index contributed by atoms with van der Waals surface area (Å²) in [6.45, 7) is 1.85. The van der Waals surface area contributed by atoms with Crippen molar-refractivity contribution in [3.8, 4) is 11.7 Å². The molecule has 0 fully saturated rings. The highest BCUT2D eigenvalue weighted by Gasteiger charge is 2.17. The summed E-state index contributed by atoms with van der Waals surface area (Å²) in [5, 5.41) is 10.9. The minimum atomic E-state index is -0.675. The van der Waals surface area contributed by atoms with Crippen LogP contribution in [0.5, 0.6) is 0 Å². The van der Waals surface area contributed by atoms with E-state index in [1.807, 2.05) is 13.0 Å². The van der Waals surface area contributed by atoms with Gasteiger partial charge in [0.05, 0.1) is 17.0 Å². The monoisotopic (exact) mass is 272 g/mol. The Balaban J connectivity index is 2.19. The van der Waals surface area contributed by atoms with Crippen molar-refractivity contribution in [2.45, 2.75) is 6.92 Å². The maximum Gasteiger partial charge on any atom is 0.433 e. The van der Waals surface area contributed by atoms with Crippen LogP contribution in [0.15, 0.2) is 44.0 Å². The van der Waals surface area contributed by atoms with Crippen molar-refractivity contribution < 1.29 is 13.8 Å². The summed E-state index contributed by atoms with van der Waals surface area (Å²) >= 11 is 0.